The first-order valence-electron chi connectivity index (χ1n) is 7.99. The molecule has 134 valence electrons. The van der Waals surface area contributed by atoms with Crippen LogP contribution in [0.25, 0.3) is 22.6 Å². The van der Waals surface area contributed by atoms with Crippen molar-refractivity contribution in [2.75, 3.05) is 0 Å². The van der Waals surface area contributed by atoms with Crippen LogP contribution < -0.4 is 0 Å². The van der Waals surface area contributed by atoms with Crippen LogP contribution in [0.15, 0.2) is 74.7 Å². The van der Waals surface area contributed by atoms with E-state index in [1.165, 1.54) is 17.8 Å². The molecule has 0 aliphatic heterocycles. The zero-order valence-electron chi connectivity index (χ0n) is 13.8. The lowest BCUT2D eigenvalue weighted by Crippen LogP contribution is -1.92. The van der Waals surface area contributed by atoms with Gasteiger partial charge in [-0.1, -0.05) is 45.0 Å². The summed E-state index contributed by atoms with van der Waals surface area (Å²) in [6.45, 7) is 0. The Hall–Kier alpha value is -2.58. The molecular weight excluding hydrogens is 431 g/mol. The van der Waals surface area contributed by atoms with Gasteiger partial charge >= 0.3 is 0 Å². The molecule has 0 aliphatic rings. The standard InChI is InChI=1S/C19H12BrFN4OS/c20-13-7-5-12(6-8-13)19-22-17(26-25-19)11-27-18-10-9-16(23-24-18)14-3-1-2-4-15(14)21/h1-10H,11H2. The maximum Gasteiger partial charge on any atom is 0.237 e. The molecule has 0 saturated carbocycles. The topological polar surface area (TPSA) is 64.7 Å². The Kier molecular flexibility index (Phi) is 5.26. The van der Waals surface area contributed by atoms with Crippen LogP contribution in [0.3, 0.4) is 0 Å². The van der Waals surface area contributed by atoms with Gasteiger partial charge in [0.1, 0.15) is 10.8 Å². The maximum atomic E-state index is 13.8. The summed E-state index contributed by atoms with van der Waals surface area (Å²) in [7, 11) is 0. The third-order valence-electron chi connectivity index (χ3n) is 3.70. The lowest BCUT2D eigenvalue weighted by Gasteiger charge is -2.02. The number of halogens is 2. The van der Waals surface area contributed by atoms with Crippen molar-refractivity contribution < 1.29 is 8.91 Å². The largest absolute Gasteiger partial charge is 0.338 e. The third kappa shape index (κ3) is 4.23. The van der Waals surface area contributed by atoms with Crippen LogP contribution in [0, 0.1) is 5.82 Å². The fraction of sp³-hybridized carbons (Fsp3) is 0.0526. The van der Waals surface area contributed by atoms with Crippen molar-refractivity contribution in [3.05, 3.63) is 76.8 Å². The van der Waals surface area contributed by atoms with Crippen LogP contribution in [0.5, 0.6) is 0 Å². The van der Waals surface area contributed by atoms with Gasteiger partial charge in [-0.25, -0.2) is 4.39 Å². The number of benzene rings is 2. The molecule has 0 saturated heterocycles. The van der Waals surface area contributed by atoms with Crippen LogP contribution in [-0.2, 0) is 5.75 Å². The van der Waals surface area contributed by atoms with Gasteiger partial charge in [-0.2, -0.15) is 4.98 Å². The summed E-state index contributed by atoms with van der Waals surface area (Å²) in [6.07, 6.45) is 0. The fourth-order valence-electron chi connectivity index (χ4n) is 2.37. The van der Waals surface area contributed by atoms with Gasteiger partial charge in [0.2, 0.25) is 11.7 Å². The molecule has 0 atom stereocenters. The molecule has 0 unspecified atom stereocenters. The molecule has 27 heavy (non-hydrogen) atoms. The zero-order valence-corrected chi connectivity index (χ0v) is 16.2. The summed E-state index contributed by atoms with van der Waals surface area (Å²) in [4.78, 5) is 4.39. The summed E-state index contributed by atoms with van der Waals surface area (Å²) in [6, 6.07) is 17.7. The van der Waals surface area contributed by atoms with Gasteiger partial charge in [-0.3, -0.25) is 0 Å². The van der Waals surface area contributed by atoms with Crippen molar-refractivity contribution in [2.24, 2.45) is 0 Å². The van der Waals surface area contributed by atoms with E-state index in [9.17, 15) is 4.39 Å². The number of rotatable bonds is 5. The van der Waals surface area contributed by atoms with E-state index in [1.54, 1.807) is 30.3 Å². The van der Waals surface area contributed by atoms with E-state index < -0.39 is 0 Å². The summed E-state index contributed by atoms with van der Waals surface area (Å²) in [5.74, 6) is 1.19. The maximum absolute atomic E-state index is 13.8. The molecule has 2 heterocycles. The monoisotopic (exact) mass is 442 g/mol. The van der Waals surface area contributed by atoms with Crippen LogP contribution in [0.2, 0.25) is 0 Å². The molecule has 0 amide bonds. The van der Waals surface area contributed by atoms with Gasteiger partial charge in [0.15, 0.2) is 0 Å². The van der Waals surface area contributed by atoms with Crippen molar-refractivity contribution in [3.63, 3.8) is 0 Å². The Labute approximate surface area is 167 Å². The molecular formula is C19H12BrFN4OS. The van der Waals surface area contributed by atoms with E-state index in [-0.39, 0.29) is 5.82 Å². The van der Waals surface area contributed by atoms with Gasteiger partial charge in [0.05, 0.1) is 11.4 Å². The lowest BCUT2D eigenvalue weighted by molar-refractivity contribution is 0.391. The third-order valence-corrected chi connectivity index (χ3v) is 5.14. The Morgan fingerprint density at radius 2 is 1.78 bits per heavy atom. The molecule has 0 fully saturated rings. The summed E-state index contributed by atoms with van der Waals surface area (Å²) in [5.41, 5.74) is 1.80. The average molecular weight is 443 g/mol. The second kappa shape index (κ2) is 7.98. The number of aromatic nitrogens is 4. The Morgan fingerprint density at radius 3 is 2.52 bits per heavy atom. The number of hydrogen-bond acceptors (Lipinski definition) is 6. The quantitative estimate of drug-likeness (QED) is 0.386. The first kappa shape index (κ1) is 17.8. The molecule has 2 aromatic heterocycles. The van der Waals surface area contributed by atoms with Crippen molar-refractivity contribution >= 4 is 27.7 Å². The van der Waals surface area contributed by atoms with E-state index >= 15 is 0 Å². The molecule has 0 radical (unpaired) electrons. The van der Waals surface area contributed by atoms with Crippen molar-refractivity contribution in [1.29, 1.82) is 0 Å². The summed E-state index contributed by atoms with van der Waals surface area (Å²) < 4.78 is 20.1. The summed E-state index contributed by atoms with van der Waals surface area (Å²) in [5, 5.41) is 12.9. The molecule has 0 aliphatic carbocycles. The van der Waals surface area contributed by atoms with E-state index in [4.69, 9.17) is 4.52 Å². The number of nitrogens with zero attached hydrogens (tertiary/aromatic N) is 4. The molecule has 5 nitrogen and oxygen atoms in total. The number of hydrogen-bond donors (Lipinski definition) is 0. The van der Waals surface area contributed by atoms with Gasteiger partial charge in [-0.05, 0) is 48.5 Å². The molecule has 0 spiro atoms. The van der Waals surface area contributed by atoms with E-state index in [1.807, 2.05) is 24.3 Å². The van der Waals surface area contributed by atoms with Gasteiger partial charge in [0, 0.05) is 15.6 Å². The molecule has 4 rings (SSSR count). The molecule has 2 aromatic carbocycles. The summed E-state index contributed by atoms with van der Waals surface area (Å²) >= 11 is 4.82. The van der Waals surface area contributed by atoms with Gasteiger partial charge in [-0.15, -0.1) is 10.2 Å². The lowest BCUT2D eigenvalue weighted by atomic mass is 10.1. The molecule has 0 N–H and O–H groups in total. The minimum atomic E-state index is -0.321. The Balaban J connectivity index is 1.42. The second-order valence-corrected chi connectivity index (χ2v) is 7.46. The fourth-order valence-corrected chi connectivity index (χ4v) is 3.29. The van der Waals surface area contributed by atoms with Crippen LogP contribution >= 0.6 is 27.7 Å². The first-order chi connectivity index (χ1) is 13.2. The van der Waals surface area contributed by atoms with E-state index in [0.717, 1.165) is 10.0 Å². The average Bonchev–Trinajstić information content (AvgIpc) is 3.17. The van der Waals surface area contributed by atoms with Crippen molar-refractivity contribution in [1.82, 2.24) is 20.3 Å². The molecule has 4 aromatic rings. The van der Waals surface area contributed by atoms with Gasteiger partial charge < -0.3 is 4.52 Å². The highest BCUT2D eigenvalue weighted by molar-refractivity contribution is 9.10. The Morgan fingerprint density at radius 1 is 0.963 bits per heavy atom. The minimum Gasteiger partial charge on any atom is -0.338 e. The minimum absolute atomic E-state index is 0.321. The smallest absolute Gasteiger partial charge is 0.237 e. The highest BCUT2D eigenvalue weighted by Gasteiger charge is 2.11. The van der Waals surface area contributed by atoms with Crippen LogP contribution in [0.1, 0.15) is 5.89 Å². The zero-order chi connectivity index (χ0) is 18.6. The molecule has 0 bridgehead atoms. The second-order valence-electron chi connectivity index (χ2n) is 5.54. The normalized spacial score (nSPS) is 10.9. The van der Waals surface area contributed by atoms with Crippen molar-refractivity contribution in [2.45, 2.75) is 10.8 Å². The molecule has 8 heteroatoms. The first-order valence-corrected chi connectivity index (χ1v) is 9.77. The number of thioether (sulfide) groups is 1. The predicted octanol–water partition coefficient (Wildman–Crippen LogP) is 5.39. The van der Waals surface area contributed by atoms with Crippen molar-refractivity contribution in [3.8, 4) is 22.6 Å². The SMILES string of the molecule is Fc1ccccc1-c1ccc(SCc2nc(-c3ccc(Br)cc3)no2)nn1. The van der Waals surface area contributed by atoms with Gasteiger partial charge in [0.25, 0.3) is 0 Å². The highest BCUT2D eigenvalue weighted by atomic mass is 79.9. The Bertz CT molecular complexity index is 1050. The van der Waals surface area contributed by atoms with Crippen LogP contribution in [-0.4, -0.2) is 20.3 Å². The highest BCUT2D eigenvalue weighted by Crippen LogP contribution is 2.25. The van der Waals surface area contributed by atoms with E-state index in [0.29, 0.717) is 33.8 Å². The van der Waals surface area contributed by atoms with Crippen LogP contribution in [0.4, 0.5) is 4.39 Å². The van der Waals surface area contributed by atoms with E-state index in [2.05, 4.69) is 36.3 Å². The predicted molar refractivity (Wildman–Crippen MR) is 104 cm³/mol.